The number of rotatable bonds is 4. The van der Waals surface area contributed by atoms with Crippen LogP contribution in [-0.4, -0.2) is 24.2 Å². The smallest absolute Gasteiger partial charge is 0.358 e. The molecule has 1 aromatic carbocycles. The molecule has 0 bridgehead atoms. The van der Waals surface area contributed by atoms with E-state index in [0.717, 1.165) is 11.4 Å². The van der Waals surface area contributed by atoms with Gasteiger partial charge in [-0.1, -0.05) is 28.1 Å². The zero-order valence-electron chi connectivity index (χ0n) is 9.79. The van der Waals surface area contributed by atoms with Crippen molar-refractivity contribution >= 4 is 21.7 Å². The Bertz CT molecular complexity index is 414. The summed E-state index contributed by atoms with van der Waals surface area (Å²) in [5.74, 6) is -0.474. The van der Waals surface area contributed by atoms with E-state index in [1.807, 2.05) is 0 Å². The van der Waals surface area contributed by atoms with E-state index >= 15 is 0 Å². The summed E-state index contributed by atoms with van der Waals surface area (Å²) in [5, 5.41) is 0. The molecule has 0 aliphatic rings. The average Bonchev–Trinajstić information content (AvgIpc) is 2.27. The number of benzene rings is 1. The van der Waals surface area contributed by atoms with Crippen LogP contribution in [0.15, 0.2) is 28.7 Å². The minimum atomic E-state index is -4.46. The highest BCUT2D eigenvalue weighted by Crippen LogP contribution is 2.24. The van der Waals surface area contributed by atoms with Crippen LogP contribution in [0.4, 0.5) is 13.2 Å². The predicted octanol–water partition coefficient (Wildman–Crippen LogP) is 3.99. The van der Waals surface area contributed by atoms with Gasteiger partial charge < -0.3 is 4.74 Å². The van der Waals surface area contributed by atoms with E-state index in [9.17, 15) is 18.0 Å². The Kier molecular flexibility index (Phi) is 4.92. The lowest BCUT2D eigenvalue weighted by Gasteiger charge is -2.20. The molecule has 0 amide bonds. The average molecular weight is 325 g/mol. The maximum absolute atomic E-state index is 12.3. The van der Waals surface area contributed by atoms with E-state index in [4.69, 9.17) is 0 Å². The van der Waals surface area contributed by atoms with E-state index in [-0.39, 0.29) is 0 Å². The van der Waals surface area contributed by atoms with E-state index in [1.165, 1.54) is 19.1 Å². The van der Waals surface area contributed by atoms with Crippen LogP contribution < -0.4 is 0 Å². The summed E-state index contributed by atoms with van der Waals surface area (Å²) in [5.41, 5.74) is 0.320. The molecule has 2 unspecified atom stereocenters. The predicted molar refractivity (Wildman–Crippen MR) is 64.5 cm³/mol. The second-order valence-electron chi connectivity index (χ2n) is 3.83. The van der Waals surface area contributed by atoms with Crippen molar-refractivity contribution in [3.63, 3.8) is 0 Å². The third kappa shape index (κ3) is 4.10. The molecule has 1 rings (SSSR count). The SMILES string of the molecule is CC(OC(C)C(F)(F)F)C(=O)c1ccc(Br)cc1. The fourth-order valence-corrected chi connectivity index (χ4v) is 1.56. The van der Waals surface area contributed by atoms with E-state index in [0.29, 0.717) is 5.56 Å². The number of carbonyl (C=O) groups is 1. The Balaban J connectivity index is 2.70. The summed E-state index contributed by atoms with van der Waals surface area (Å²) >= 11 is 3.21. The first-order valence-electron chi connectivity index (χ1n) is 5.23. The molecule has 2 atom stereocenters. The molecule has 1 aromatic rings. The van der Waals surface area contributed by atoms with Crippen molar-refractivity contribution < 1.29 is 22.7 Å². The number of Topliss-reactive ketones (excluding diaryl/α,β-unsaturated/α-hetero) is 1. The molecule has 100 valence electrons. The molecule has 6 heteroatoms. The summed E-state index contributed by atoms with van der Waals surface area (Å²) < 4.78 is 42.3. The third-order valence-corrected chi connectivity index (χ3v) is 2.90. The van der Waals surface area contributed by atoms with Gasteiger partial charge in [-0.2, -0.15) is 13.2 Å². The maximum atomic E-state index is 12.3. The Morgan fingerprint density at radius 3 is 2.17 bits per heavy atom. The van der Waals surface area contributed by atoms with Crippen LogP contribution in [0, 0.1) is 0 Å². The molecule has 0 aliphatic heterocycles. The number of alkyl halides is 3. The zero-order valence-corrected chi connectivity index (χ0v) is 11.4. The van der Waals surface area contributed by atoms with E-state index in [1.54, 1.807) is 12.1 Å². The lowest BCUT2D eigenvalue weighted by molar-refractivity contribution is -0.219. The molecule has 0 N–H and O–H groups in total. The molecular formula is C12H12BrF3O2. The Hall–Kier alpha value is -0.880. The van der Waals surface area contributed by atoms with Crippen LogP contribution in [0.2, 0.25) is 0 Å². The van der Waals surface area contributed by atoms with Crippen molar-refractivity contribution in [2.24, 2.45) is 0 Å². The lowest BCUT2D eigenvalue weighted by Crippen LogP contribution is -2.34. The van der Waals surface area contributed by atoms with E-state index in [2.05, 4.69) is 20.7 Å². The van der Waals surface area contributed by atoms with Gasteiger partial charge in [0.15, 0.2) is 11.9 Å². The van der Waals surface area contributed by atoms with Crippen LogP contribution in [0.5, 0.6) is 0 Å². The quantitative estimate of drug-likeness (QED) is 0.783. The van der Waals surface area contributed by atoms with Gasteiger partial charge in [-0.05, 0) is 26.0 Å². The summed E-state index contributed by atoms with van der Waals surface area (Å²) in [6.07, 6.45) is -7.57. The Morgan fingerprint density at radius 2 is 1.72 bits per heavy atom. The largest absolute Gasteiger partial charge is 0.414 e. The van der Waals surface area contributed by atoms with Crippen molar-refractivity contribution in [3.05, 3.63) is 34.3 Å². The van der Waals surface area contributed by atoms with Crippen LogP contribution in [-0.2, 0) is 4.74 Å². The molecule has 0 aliphatic carbocycles. The van der Waals surface area contributed by atoms with Gasteiger partial charge in [-0.3, -0.25) is 4.79 Å². The van der Waals surface area contributed by atoms with Gasteiger partial charge in [0.25, 0.3) is 0 Å². The number of hydrogen-bond acceptors (Lipinski definition) is 2. The van der Waals surface area contributed by atoms with Crippen molar-refractivity contribution in [2.45, 2.75) is 32.2 Å². The molecule has 0 saturated carbocycles. The first-order valence-corrected chi connectivity index (χ1v) is 6.03. The number of ether oxygens (including phenoxy) is 1. The van der Waals surface area contributed by atoms with Crippen molar-refractivity contribution in [2.75, 3.05) is 0 Å². The third-order valence-electron chi connectivity index (χ3n) is 2.37. The monoisotopic (exact) mass is 324 g/mol. The molecule has 0 heterocycles. The van der Waals surface area contributed by atoms with E-state index < -0.39 is 24.2 Å². The van der Waals surface area contributed by atoms with Crippen LogP contribution in [0.25, 0.3) is 0 Å². The highest BCUT2D eigenvalue weighted by molar-refractivity contribution is 9.10. The highest BCUT2D eigenvalue weighted by Gasteiger charge is 2.38. The molecule has 0 radical (unpaired) electrons. The number of hydrogen-bond donors (Lipinski definition) is 0. The van der Waals surface area contributed by atoms with Gasteiger partial charge in [-0.15, -0.1) is 0 Å². The topological polar surface area (TPSA) is 26.3 Å². The molecule has 18 heavy (non-hydrogen) atoms. The minimum Gasteiger partial charge on any atom is -0.358 e. The lowest BCUT2D eigenvalue weighted by atomic mass is 10.1. The van der Waals surface area contributed by atoms with Crippen molar-refractivity contribution in [1.82, 2.24) is 0 Å². The normalized spacial score (nSPS) is 15.2. The number of carbonyl (C=O) groups excluding carboxylic acids is 1. The minimum absolute atomic E-state index is 0.320. The fraction of sp³-hybridized carbons (Fsp3) is 0.417. The fourth-order valence-electron chi connectivity index (χ4n) is 1.29. The van der Waals surface area contributed by atoms with Crippen LogP contribution >= 0.6 is 15.9 Å². The van der Waals surface area contributed by atoms with Gasteiger partial charge in [0, 0.05) is 10.0 Å². The van der Waals surface area contributed by atoms with Gasteiger partial charge in [0.1, 0.15) is 6.10 Å². The van der Waals surface area contributed by atoms with Gasteiger partial charge in [0.2, 0.25) is 0 Å². The number of halogens is 4. The van der Waals surface area contributed by atoms with Gasteiger partial charge in [-0.25, -0.2) is 0 Å². The maximum Gasteiger partial charge on any atom is 0.414 e. The number of ketones is 1. The molecule has 0 spiro atoms. The van der Waals surface area contributed by atoms with Crippen LogP contribution in [0.1, 0.15) is 24.2 Å². The van der Waals surface area contributed by atoms with Gasteiger partial charge >= 0.3 is 6.18 Å². The standard InChI is InChI=1S/C12H12BrF3O2/c1-7(18-8(2)12(14,15)16)11(17)9-3-5-10(13)6-4-9/h3-8H,1-2H3. The molecule has 0 fully saturated rings. The second kappa shape index (κ2) is 5.84. The summed E-state index contributed by atoms with van der Waals surface area (Å²) in [6.45, 7) is 2.19. The summed E-state index contributed by atoms with van der Waals surface area (Å²) in [4.78, 5) is 11.8. The van der Waals surface area contributed by atoms with Crippen molar-refractivity contribution in [3.8, 4) is 0 Å². The Morgan fingerprint density at radius 1 is 1.22 bits per heavy atom. The van der Waals surface area contributed by atoms with Crippen LogP contribution in [0.3, 0.4) is 0 Å². The van der Waals surface area contributed by atoms with Gasteiger partial charge in [0.05, 0.1) is 0 Å². The summed E-state index contributed by atoms with van der Waals surface area (Å²) in [7, 11) is 0. The first kappa shape index (κ1) is 15.2. The molecule has 2 nitrogen and oxygen atoms in total. The molecule has 0 saturated heterocycles. The first-order chi connectivity index (χ1) is 8.21. The summed E-state index contributed by atoms with van der Waals surface area (Å²) in [6, 6.07) is 6.36. The molecular weight excluding hydrogens is 313 g/mol. The van der Waals surface area contributed by atoms with Crippen molar-refractivity contribution in [1.29, 1.82) is 0 Å². The second-order valence-corrected chi connectivity index (χ2v) is 4.75. The zero-order chi connectivity index (χ0) is 13.9. The highest BCUT2D eigenvalue weighted by atomic mass is 79.9. The molecule has 0 aromatic heterocycles. The Labute approximate surface area is 111 Å².